The molecule has 0 aliphatic rings. The van der Waals surface area contributed by atoms with Crippen molar-refractivity contribution in [1.82, 2.24) is 0 Å². The maximum atomic E-state index is 2.58. The lowest BCUT2D eigenvalue weighted by Crippen LogP contribution is -2.41. The molecule has 0 saturated carbocycles. The van der Waals surface area contributed by atoms with Gasteiger partial charge in [-0.25, -0.2) is 0 Å². The Bertz CT molecular complexity index is 536. The quantitative estimate of drug-likeness (QED) is 0.391. The van der Waals surface area contributed by atoms with Crippen molar-refractivity contribution in [3.63, 3.8) is 0 Å². The summed E-state index contributed by atoms with van der Waals surface area (Å²) in [6, 6.07) is 23.4. The Morgan fingerprint density at radius 2 is 1.21 bits per heavy atom. The molecule has 0 saturated heterocycles. The fraction of sp³-hybridized carbons (Fsp3) is 0.391. The van der Waals surface area contributed by atoms with Gasteiger partial charge in [-0.1, -0.05) is 109 Å². The molecule has 0 aromatic heterocycles. The minimum absolute atomic E-state index is 0.720. The van der Waals surface area contributed by atoms with Crippen LogP contribution in [-0.4, -0.2) is 8.80 Å². The summed E-state index contributed by atoms with van der Waals surface area (Å²) in [7, 11) is -0.720. The average Bonchev–Trinajstić information content (AvgIpc) is 2.65. The van der Waals surface area contributed by atoms with Crippen molar-refractivity contribution >= 4 is 19.2 Å². The molecule has 0 fully saturated rings. The van der Waals surface area contributed by atoms with Crippen LogP contribution in [0, 0.1) is 0 Å². The lowest BCUT2D eigenvalue weighted by molar-refractivity contribution is 0.711. The Balaban J connectivity index is 2.19. The van der Waals surface area contributed by atoms with E-state index < -0.39 is 8.80 Å². The second kappa shape index (κ2) is 11.0. The van der Waals surface area contributed by atoms with E-state index in [1.807, 2.05) is 0 Å². The van der Waals surface area contributed by atoms with Crippen LogP contribution in [0.4, 0.5) is 0 Å². The molecule has 0 atom stereocenters. The smallest absolute Gasteiger partial charge is 0.0875 e. The van der Waals surface area contributed by atoms with Crippen LogP contribution in [0.1, 0.15) is 52.4 Å². The maximum Gasteiger partial charge on any atom is 0.125 e. The van der Waals surface area contributed by atoms with Gasteiger partial charge in [-0.2, -0.15) is 0 Å². The second-order valence-electron chi connectivity index (χ2n) is 6.48. The molecule has 0 bridgehead atoms. The second-order valence-corrected chi connectivity index (χ2v) is 9.00. The maximum absolute atomic E-state index is 2.58. The van der Waals surface area contributed by atoms with E-state index in [4.69, 9.17) is 0 Å². The predicted molar refractivity (Wildman–Crippen MR) is 110 cm³/mol. The molecule has 0 N–H and O–H groups in total. The van der Waals surface area contributed by atoms with Crippen LogP contribution in [0.25, 0.3) is 0 Å². The molecule has 0 aliphatic carbocycles. The molecular weight excluding hydrogens is 304 g/mol. The molecule has 127 valence electrons. The number of allylic oxidation sites excluding steroid dienone is 2. The van der Waals surface area contributed by atoms with Crippen molar-refractivity contribution in [1.29, 1.82) is 0 Å². The van der Waals surface area contributed by atoms with Gasteiger partial charge in [0.1, 0.15) is 8.80 Å². The van der Waals surface area contributed by atoms with Gasteiger partial charge in [0.2, 0.25) is 0 Å². The summed E-state index contributed by atoms with van der Waals surface area (Å²) in [6.45, 7) is 4.58. The minimum atomic E-state index is -0.720. The van der Waals surface area contributed by atoms with E-state index in [1.54, 1.807) is 5.57 Å². The molecule has 0 unspecified atom stereocenters. The summed E-state index contributed by atoms with van der Waals surface area (Å²) >= 11 is 0. The topological polar surface area (TPSA) is 0 Å². The molecule has 24 heavy (non-hydrogen) atoms. The third-order valence-electron chi connectivity index (χ3n) is 4.54. The molecule has 0 nitrogen and oxygen atoms in total. The highest BCUT2D eigenvalue weighted by molar-refractivity contribution is 6.85. The Labute approximate surface area is 150 Å². The molecule has 0 aliphatic heterocycles. The van der Waals surface area contributed by atoms with Gasteiger partial charge in [0.05, 0.1) is 0 Å². The summed E-state index contributed by atoms with van der Waals surface area (Å²) in [4.78, 5) is 0. The lowest BCUT2D eigenvalue weighted by atomic mass is 10.0. The van der Waals surface area contributed by atoms with E-state index in [2.05, 4.69) is 80.6 Å². The lowest BCUT2D eigenvalue weighted by Gasteiger charge is -2.15. The zero-order valence-electron chi connectivity index (χ0n) is 15.3. The number of unbranched alkanes of at least 4 members (excludes halogenated alkanes) is 2. The summed E-state index contributed by atoms with van der Waals surface area (Å²) in [6.07, 6.45) is 10.4. The molecule has 0 spiro atoms. The van der Waals surface area contributed by atoms with Crippen LogP contribution in [0.5, 0.6) is 0 Å². The standard InChI is InChI=1S/C23H31Si/c1-3-5-13-21(14-6-4-2)19-20-24(22-15-9-7-10-16-22)23-17-11-8-12-18-23/h7-12,15-19H,3-6,13-14,20H2,1-2H3. The number of hydrogen-bond acceptors (Lipinski definition) is 0. The molecule has 2 aromatic rings. The zero-order chi connectivity index (χ0) is 17.0. The van der Waals surface area contributed by atoms with E-state index in [1.165, 1.54) is 54.9 Å². The Morgan fingerprint density at radius 1 is 0.750 bits per heavy atom. The highest BCUT2D eigenvalue weighted by Crippen LogP contribution is 2.16. The Kier molecular flexibility index (Phi) is 8.62. The summed E-state index contributed by atoms with van der Waals surface area (Å²) in [5.41, 5.74) is 1.69. The average molecular weight is 336 g/mol. The van der Waals surface area contributed by atoms with Crippen molar-refractivity contribution in [2.75, 3.05) is 0 Å². The molecule has 2 aromatic carbocycles. The fourth-order valence-electron chi connectivity index (χ4n) is 3.06. The molecule has 0 amide bonds. The van der Waals surface area contributed by atoms with Crippen molar-refractivity contribution in [3.8, 4) is 0 Å². The van der Waals surface area contributed by atoms with E-state index in [-0.39, 0.29) is 0 Å². The van der Waals surface area contributed by atoms with Gasteiger partial charge in [0.15, 0.2) is 0 Å². The van der Waals surface area contributed by atoms with Gasteiger partial charge in [-0.3, -0.25) is 0 Å². The van der Waals surface area contributed by atoms with Gasteiger partial charge in [0.25, 0.3) is 0 Å². The van der Waals surface area contributed by atoms with Gasteiger partial charge >= 0.3 is 0 Å². The summed E-state index contributed by atoms with van der Waals surface area (Å²) in [5.74, 6) is 0. The largest absolute Gasteiger partial charge is 0.125 e. The van der Waals surface area contributed by atoms with Crippen LogP contribution in [0.15, 0.2) is 72.3 Å². The van der Waals surface area contributed by atoms with Gasteiger partial charge in [-0.05, 0) is 31.7 Å². The highest BCUT2D eigenvalue weighted by atomic mass is 28.3. The molecule has 2 rings (SSSR count). The zero-order valence-corrected chi connectivity index (χ0v) is 16.3. The SMILES string of the molecule is CCCCC(=CC[Si](c1ccccc1)c1ccccc1)CCCC. The van der Waals surface area contributed by atoms with Gasteiger partial charge in [0, 0.05) is 0 Å². The van der Waals surface area contributed by atoms with Crippen LogP contribution in [-0.2, 0) is 0 Å². The Hall–Kier alpha value is -1.60. The van der Waals surface area contributed by atoms with E-state index in [0.29, 0.717) is 0 Å². The van der Waals surface area contributed by atoms with E-state index in [9.17, 15) is 0 Å². The van der Waals surface area contributed by atoms with Gasteiger partial charge < -0.3 is 0 Å². The first-order valence-corrected chi connectivity index (χ1v) is 11.2. The third-order valence-corrected chi connectivity index (χ3v) is 7.22. The van der Waals surface area contributed by atoms with Crippen LogP contribution in [0.3, 0.4) is 0 Å². The Morgan fingerprint density at radius 3 is 1.62 bits per heavy atom. The molecule has 1 heteroatoms. The van der Waals surface area contributed by atoms with Crippen LogP contribution in [0.2, 0.25) is 6.04 Å². The fourth-order valence-corrected chi connectivity index (χ4v) is 5.55. The van der Waals surface area contributed by atoms with Gasteiger partial charge in [-0.15, -0.1) is 0 Å². The molecular formula is C23H31Si. The summed E-state index contributed by atoms with van der Waals surface area (Å²) < 4.78 is 0. The first-order valence-electron chi connectivity index (χ1n) is 9.49. The molecule has 0 heterocycles. The predicted octanol–water partition coefficient (Wildman–Crippen LogP) is 5.60. The third kappa shape index (κ3) is 6.12. The normalized spacial score (nSPS) is 10.8. The van der Waals surface area contributed by atoms with Crippen LogP contribution >= 0.6 is 0 Å². The number of benzene rings is 2. The highest BCUT2D eigenvalue weighted by Gasteiger charge is 2.15. The van der Waals surface area contributed by atoms with Crippen molar-refractivity contribution < 1.29 is 0 Å². The monoisotopic (exact) mass is 335 g/mol. The van der Waals surface area contributed by atoms with E-state index >= 15 is 0 Å². The molecule has 1 radical (unpaired) electrons. The first-order chi connectivity index (χ1) is 11.8. The van der Waals surface area contributed by atoms with Crippen molar-refractivity contribution in [2.24, 2.45) is 0 Å². The summed E-state index contributed by atoms with van der Waals surface area (Å²) in [5, 5.41) is 3.05. The van der Waals surface area contributed by atoms with E-state index in [0.717, 1.165) is 0 Å². The van der Waals surface area contributed by atoms with Crippen molar-refractivity contribution in [2.45, 2.75) is 58.4 Å². The minimum Gasteiger partial charge on any atom is -0.0875 e. The first kappa shape index (κ1) is 18.7. The number of rotatable bonds is 10. The number of hydrogen-bond donors (Lipinski definition) is 0. The van der Waals surface area contributed by atoms with Crippen LogP contribution < -0.4 is 10.4 Å². The van der Waals surface area contributed by atoms with Crippen molar-refractivity contribution in [3.05, 3.63) is 72.3 Å².